The van der Waals surface area contributed by atoms with Crippen molar-refractivity contribution in [2.24, 2.45) is 0 Å². The van der Waals surface area contributed by atoms with E-state index in [1.807, 2.05) is 25.1 Å². The van der Waals surface area contributed by atoms with Gasteiger partial charge in [0.05, 0.1) is 17.7 Å². The van der Waals surface area contributed by atoms with Gasteiger partial charge in [0.1, 0.15) is 10.8 Å². The van der Waals surface area contributed by atoms with Crippen molar-refractivity contribution in [3.8, 4) is 11.4 Å². The second kappa shape index (κ2) is 10.2. The summed E-state index contributed by atoms with van der Waals surface area (Å²) in [7, 11) is 0. The molecule has 1 amide bonds. The Bertz CT molecular complexity index is 1430. The van der Waals surface area contributed by atoms with Gasteiger partial charge in [0.25, 0.3) is 11.5 Å². The molecule has 4 rings (SSSR count). The molecule has 4 aromatic rings. The summed E-state index contributed by atoms with van der Waals surface area (Å²) in [4.78, 5) is 38.6. The molecule has 0 unspecified atom stereocenters. The van der Waals surface area contributed by atoms with Crippen LogP contribution in [-0.2, 0) is 9.53 Å². The second-order valence-corrected chi connectivity index (χ2v) is 9.01. The lowest BCUT2D eigenvalue weighted by atomic mass is 10.2. The minimum Gasteiger partial charge on any atom is -0.483 e. The molecular weight excluding hydrogens is 522 g/mol. The summed E-state index contributed by atoms with van der Waals surface area (Å²) >= 11 is 4.49. The summed E-state index contributed by atoms with van der Waals surface area (Å²) in [5.41, 5.74) is 0.889. The molecule has 8 nitrogen and oxygen atoms in total. The number of thiophene rings is 1. The number of esters is 1. The molecule has 0 bridgehead atoms. The van der Waals surface area contributed by atoms with Gasteiger partial charge in [0.2, 0.25) is 0 Å². The molecule has 0 radical (unpaired) electrons. The van der Waals surface area contributed by atoms with Crippen LogP contribution in [0.25, 0.3) is 16.5 Å². The van der Waals surface area contributed by atoms with Crippen LogP contribution >= 0.6 is 27.3 Å². The molecule has 10 heteroatoms. The van der Waals surface area contributed by atoms with Crippen LogP contribution in [0.1, 0.15) is 23.0 Å². The van der Waals surface area contributed by atoms with E-state index >= 15 is 0 Å². The van der Waals surface area contributed by atoms with Crippen LogP contribution in [0.2, 0.25) is 0 Å². The van der Waals surface area contributed by atoms with Crippen molar-refractivity contribution in [2.75, 3.05) is 18.5 Å². The molecule has 2 aromatic heterocycles. The van der Waals surface area contributed by atoms with Gasteiger partial charge in [-0.3, -0.25) is 9.59 Å². The number of hydrogen-bond donors (Lipinski definition) is 1. The molecular formula is C24H20BrN3O5S. The number of carbonyl (C=O) groups is 2. The van der Waals surface area contributed by atoms with Crippen LogP contribution in [0.4, 0.5) is 5.00 Å². The highest BCUT2D eigenvalue weighted by Gasteiger charge is 2.23. The number of rotatable bonds is 7. The van der Waals surface area contributed by atoms with E-state index in [2.05, 4.69) is 26.3 Å². The summed E-state index contributed by atoms with van der Waals surface area (Å²) < 4.78 is 12.7. The molecule has 0 saturated carbocycles. The molecule has 2 aromatic carbocycles. The highest BCUT2D eigenvalue weighted by Crippen LogP contribution is 2.31. The van der Waals surface area contributed by atoms with Gasteiger partial charge in [0.15, 0.2) is 12.3 Å². The lowest BCUT2D eigenvalue weighted by Gasteiger charge is -2.11. The molecule has 174 valence electrons. The van der Waals surface area contributed by atoms with E-state index in [9.17, 15) is 14.4 Å². The summed E-state index contributed by atoms with van der Waals surface area (Å²) in [5, 5.41) is 9.42. The minimum absolute atomic E-state index is 0.00715. The van der Waals surface area contributed by atoms with Gasteiger partial charge in [0, 0.05) is 15.2 Å². The van der Waals surface area contributed by atoms with Gasteiger partial charge in [-0.15, -0.1) is 11.3 Å². The highest BCUT2D eigenvalue weighted by atomic mass is 79.9. The fourth-order valence-electron chi connectivity index (χ4n) is 3.27. The number of benzene rings is 2. The van der Waals surface area contributed by atoms with E-state index in [1.165, 1.54) is 0 Å². The van der Waals surface area contributed by atoms with Gasteiger partial charge < -0.3 is 14.8 Å². The number of amides is 1. The Kier molecular flexibility index (Phi) is 7.09. The summed E-state index contributed by atoms with van der Waals surface area (Å²) in [5.74, 6) is -0.493. The summed E-state index contributed by atoms with van der Waals surface area (Å²) in [6, 6.07) is 14.3. The minimum atomic E-state index is -0.656. The zero-order chi connectivity index (χ0) is 24.2. The molecule has 0 aliphatic rings. The first-order chi connectivity index (χ1) is 16.4. The van der Waals surface area contributed by atoms with Crippen LogP contribution in [0.15, 0.2) is 63.2 Å². The van der Waals surface area contributed by atoms with Crippen molar-refractivity contribution >= 4 is 54.9 Å². The van der Waals surface area contributed by atoms with Gasteiger partial charge in [-0.1, -0.05) is 34.1 Å². The van der Waals surface area contributed by atoms with Gasteiger partial charge in [-0.25, -0.2) is 4.79 Å². The third-order valence-electron chi connectivity index (χ3n) is 4.90. The highest BCUT2D eigenvalue weighted by molar-refractivity contribution is 9.10. The second-order valence-electron chi connectivity index (χ2n) is 7.22. The number of carbonyl (C=O) groups excluding carboxylic acids is 2. The number of hydrogen-bond acceptors (Lipinski definition) is 7. The molecule has 0 aliphatic carbocycles. The SMILES string of the molecule is CCOC(=O)c1nn(-c2ccc(Br)cc2)c(=O)c2c(NC(=O)COc3ccccc3C)scc12. The molecule has 0 spiro atoms. The van der Waals surface area contributed by atoms with Crippen LogP contribution in [0, 0.1) is 6.92 Å². The first kappa shape index (κ1) is 23.7. The van der Waals surface area contributed by atoms with Crippen molar-refractivity contribution in [3.05, 3.63) is 80.0 Å². The molecule has 0 atom stereocenters. The quantitative estimate of drug-likeness (QED) is 0.340. The van der Waals surface area contributed by atoms with Crippen LogP contribution in [0.5, 0.6) is 5.75 Å². The Morgan fingerprint density at radius 3 is 2.59 bits per heavy atom. The summed E-state index contributed by atoms with van der Waals surface area (Å²) in [6.45, 7) is 3.49. The Labute approximate surface area is 207 Å². The predicted molar refractivity (Wildman–Crippen MR) is 134 cm³/mol. The standard InChI is InChI=1S/C24H20BrN3O5S/c1-3-32-24(31)21-17-13-34-22(26-19(29)12-33-18-7-5-4-6-14(18)2)20(17)23(30)28(27-21)16-10-8-15(25)9-11-16/h4-11,13H,3,12H2,1-2H3,(H,26,29). The summed E-state index contributed by atoms with van der Waals surface area (Å²) in [6.07, 6.45) is 0. The largest absolute Gasteiger partial charge is 0.483 e. The van der Waals surface area contributed by atoms with Gasteiger partial charge >= 0.3 is 5.97 Å². The Morgan fingerprint density at radius 1 is 1.15 bits per heavy atom. The number of fused-ring (bicyclic) bond motifs is 1. The first-order valence-corrected chi connectivity index (χ1v) is 12.0. The third-order valence-corrected chi connectivity index (χ3v) is 6.32. The third kappa shape index (κ3) is 4.87. The van der Waals surface area contributed by atoms with E-state index in [0.29, 0.717) is 21.8 Å². The van der Waals surface area contributed by atoms with Crippen molar-refractivity contribution in [1.29, 1.82) is 0 Å². The lowest BCUT2D eigenvalue weighted by molar-refractivity contribution is -0.118. The van der Waals surface area contributed by atoms with Crippen LogP contribution in [0.3, 0.4) is 0 Å². The average molecular weight is 542 g/mol. The lowest BCUT2D eigenvalue weighted by Crippen LogP contribution is -2.26. The fraction of sp³-hybridized carbons (Fsp3) is 0.167. The molecule has 2 heterocycles. The Balaban J connectivity index is 1.72. The Hall–Kier alpha value is -3.50. The van der Waals surface area contributed by atoms with Crippen molar-refractivity contribution in [1.82, 2.24) is 9.78 Å². The zero-order valence-electron chi connectivity index (χ0n) is 18.3. The Morgan fingerprint density at radius 2 is 1.88 bits per heavy atom. The molecule has 34 heavy (non-hydrogen) atoms. The maximum Gasteiger partial charge on any atom is 0.359 e. The molecule has 0 aliphatic heterocycles. The van der Waals surface area contributed by atoms with E-state index in [0.717, 1.165) is 26.1 Å². The maximum atomic E-state index is 13.4. The van der Waals surface area contributed by atoms with E-state index in [4.69, 9.17) is 9.47 Å². The normalized spacial score (nSPS) is 10.8. The number of halogens is 1. The van der Waals surface area contributed by atoms with Crippen LogP contribution < -0.4 is 15.6 Å². The predicted octanol–water partition coefficient (Wildman–Crippen LogP) is 4.71. The van der Waals surface area contributed by atoms with E-state index in [1.54, 1.807) is 42.6 Å². The van der Waals surface area contributed by atoms with Gasteiger partial charge in [-0.05, 0) is 49.7 Å². The topological polar surface area (TPSA) is 99.5 Å². The number of nitrogens with one attached hydrogen (secondary N) is 1. The van der Waals surface area contributed by atoms with Crippen molar-refractivity contribution in [2.45, 2.75) is 13.8 Å². The number of para-hydroxylation sites is 1. The number of ether oxygens (including phenoxy) is 2. The molecule has 0 fully saturated rings. The molecule has 1 N–H and O–H groups in total. The maximum absolute atomic E-state index is 13.4. The van der Waals surface area contributed by atoms with E-state index in [-0.39, 0.29) is 24.3 Å². The van der Waals surface area contributed by atoms with E-state index < -0.39 is 17.4 Å². The van der Waals surface area contributed by atoms with Crippen molar-refractivity contribution in [3.63, 3.8) is 0 Å². The number of aryl methyl sites for hydroxylation is 1. The number of aromatic nitrogens is 2. The van der Waals surface area contributed by atoms with Crippen LogP contribution in [-0.4, -0.2) is 34.9 Å². The number of nitrogens with zero attached hydrogens (tertiary/aromatic N) is 2. The fourth-order valence-corrected chi connectivity index (χ4v) is 4.49. The van der Waals surface area contributed by atoms with Gasteiger partial charge in [-0.2, -0.15) is 9.78 Å². The zero-order valence-corrected chi connectivity index (χ0v) is 20.7. The molecule has 0 saturated heterocycles. The average Bonchev–Trinajstić information content (AvgIpc) is 3.23. The smallest absolute Gasteiger partial charge is 0.359 e. The van der Waals surface area contributed by atoms with Crippen molar-refractivity contribution < 1.29 is 19.1 Å². The number of anilines is 1. The first-order valence-electron chi connectivity index (χ1n) is 10.3. The monoisotopic (exact) mass is 541 g/mol.